The highest BCUT2D eigenvalue weighted by atomic mass is 16.5. The van der Waals surface area contributed by atoms with Crippen molar-refractivity contribution in [3.05, 3.63) is 29.8 Å². The molecule has 1 fully saturated rings. The zero-order valence-corrected chi connectivity index (χ0v) is 11.9. The summed E-state index contributed by atoms with van der Waals surface area (Å²) in [5.74, 6) is 0. The van der Waals surface area contributed by atoms with E-state index in [1.54, 1.807) is 14.2 Å². The lowest BCUT2D eigenvalue weighted by molar-refractivity contribution is -0.00461. The molecule has 2 rings (SSSR count). The van der Waals surface area contributed by atoms with E-state index in [-0.39, 0.29) is 12.2 Å². The fraction of sp³-hybridized carbons (Fsp3) is 0.600. The highest BCUT2D eigenvalue weighted by Crippen LogP contribution is 2.31. The molecule has 0 amide bonds. The van der Waals surface area contributed by atoms with Crippen LogP contribution >= 0.6 is 0 Å². The molecule has 0 aliphatic carbocycles. The highest BCUT2D eigenvalue weighted by molar-refractivity contribution is 5.55. The number of hydrogen-bond acceptors (Lipinski definition) is 4. The lowest BCUT2D eigenvalue weighted by atomic mass is 10.0. The molecule has 1 aliphatic heterocycles. The van der Waals surface area contributed by atoms with E-state index in [1.165, 1.54) is 0 Å². The molecule has 3 atom stereocenters. The first-order valence-electron chi connectivity index (χ1n) is 6.78. The topological polar surface area (TPSA) is 41.9 Å². The first-order chi connectivity index (χ1) is 9.21. The van der Waals surface area contributed by atoms with Crippen molar-refractivity contribution in [3.63, 3.8) is 0 Å². The van der Waals surface area contributed by atoms with E-state index < -0.39 is 6.10 Å². The van der Waals surface area contributed by atoms with Gasteiger partial charge in [0, 0.05) is 38.6 Å². The van der Waals surface area contributed by atoms with Gasteiger partial charge in [0.15, 0.2) is 0 Å². The van der Waals surface area contributed by atoms with Gasteiger partial charge in [-0.1, -0.05) is 25.1 Å². The molecule has 19 heavy (non-hydrogen) atoms. The second kappa shape index (κ2) is 6.37. The molecule has 106 valence electrons. The summed E-state index contributed by atoms with van der Waals surface area (Å²) in [6.45, 7) is 3.58. The van der Waals surface area contributed by atoms with E-state index in [9.17, 15) is 5.11 Å². The van der Waals surface area contributed by atoms with Crippen molar-refractivity contribution in [1.82, 2.24) is 0 Å². The number of aliphatic hydroxyl groups is 1. The maximum atomic E-state index is 10.1. The average molecular weight is 265 g/mol. The summed E-state index contributed by atoms with van der Waals surface area (Å²) in [5.41, 5.74) is 2.06. The Labute approximate surface area is 114 Å². The minimum Gasteiger partial charge on any atom is -0.388 e. The third-order valence-electron chi connectivity index (χ3n) is 3.84. The maximum absolute atomic E-state index is 10.1. The van der Waals surface area contributed by atoms with Crippen LogP contribution in [0, 0.1) is 0 Å². The number of anilines is 1. The monoisotopic (exact) mass is 265 g/mol. The Morgan fingerprint density at radius 1 is 1.21 bits per heavy atom. The summed E-state index contributed by atoms with van der Waals surface area (Å²) in [6, 6.07) is 8.02. The second-order valence-corrected chi connectivity index (χ2v) is 4.94. The molecule has 0 bridgehead atoms. The van der Waals surface area contributed by atoms with Gasteiger partial charge in [0.1, 0.15) is 12.2 Å². The summed E-state index contributed by atoms with van der Waals surface area (Å²) in [6.07, 6.45) is 0.458. The van der Waals surface area contributed by atoms with Crippen molar-refractivity contribution in [2.45, 2.75) is 31.7 Å². The summed E-state index contributed by atoms with van der Waals surface area (Å²) >= 11 is 0. The third kappa shape index (κ3) is 2.91. The molecule has 0 radical (unpaired) electrons. The van der Waals surface area contributed by atoms with Gasteiger partial charge in [0.2, 0.25) is 0 Å². The van der Waals surface area contributed by atoms with Crippen LogP contribution in [0.5, 0.6) is 0 Å². The van der Waals surface area contributed by atoms with Gasteiger partial charge in [-0.3, -0.25) is 0 Å². The van der Waals surface area contributed by atoms with Gasteiger partial charge in [0.25, 0.3) is 0 Å². The van der Waals surface area contributed by atoms with Gasteiger partial charge in [-0.25, -0.2) is 0 Å². The molecule has 1 N–H and O–H groups in total. The van der Waals surface area contributed by atoms with E-state index >= 15 is 0 Å². The average Bonchev–Trinajstić information content (AvgIpc) is 2.89. The van der Waals surface area contributed by atoms with Crippen LogP contribution in [0.4, 0.5) is 5.69 Å². The predicted octanol–water partition coefficient (Wildman–Crippen LogP) is 1.98. The maximum Gasteiger partial charge on any atom is 0.102 e. The van der Waals surface area contributed by atoms with Crippen LogP contribution in [0.25, 0.3) is 0 Å². The predicted molar refractivity (Wildman–Crippen MR) is 75.5 cm³/mol. The van der Waals surface area contributed by atoms with Crippen molar-refractivity contribution in [1.29, 1.82) is 0 Å². The molecule has 0 aromatic heterocycles. The Kier molecular flexibility index (Phi) is 4.80. The minimum absolute atomic E-state index is 0.0804. The minimum atomic E-state index is -0.418. The first-order valence-corrected chi connectivity index (χ1v) is 6.78. The Morgan fingerprint density at radius 3 is 2.32 bits per heavy atom. The molecule has 1 saturated heterocycles. The van der Waals surface area contributed by atoms with Gasteiger partial charge in [-0.2, -0.15) is 0 Å². The van der Waals surface area contributed by atoms with Crippen LogP contribution in [-0.4, -0.2) is 44.6 Å². The second-order valence-electron chi connectivity index (χ2n) is 4.94. The first kappa shape index (κ1) is 14.3. The SMILES string of the molecule is CC[C@H](O)c1ccccc1N1CC(OC)C(OC)C1. The van der Waals surface area contributed by atoms with Gasteiger partial charge in [-0.15, -0.1) is 0 Å². The Morgan fingerprint density at radius 2 is 1.79 bits per heavy atom. The molecule has 2 unspecified atom stereocenters. The summed E-state index contributed by atoms with van der Waals surface area (Å²) in [7, 11) is 3.43. The van der Waals surface area contributed by atoms with Crippen LogP contribution in [0.1, 0.15) is 25.0 Å². The fourth-order valence-electron chi connectivity index (χ4n) is 2.67. The van der Waals surface area contributed by atoms with Crippen molar-refractivity contribution in [3.8, 4) is 0 Å². The van der Waals surface area contributed by atoms with Crippen LogP contribution in [0.15, 0.2) is 24.3 Å². The van der Waals surface area contributed by atoms with E-state index in [0.29, 0.717) is 6.42 Å². The summed E-state index contributed by atoms with van der Waals surface area (Å²) in [5, 5.41) is 10.1. The fourth-order valence-corrected chi connectivity index (χ4v) is 2.67. The van der Waals surface area contributed by atoms with E-state index in [1.807, 2.05) is 25.1 Å². The van der Waals surface area contributed by atoms with Gasteiger partial charge >= 0.3 is 0 Å². The molecule has 1 heterocycles. The van der Waals surface area contributed by atoms with Gasteiger partial charge < -0.3 is 19.5 Å². The smallest absolute Gasteiger partial charge is 0.102 e. The van der Waals surface area contributed by atoms with Crippen molar-refractivity contribution < 1.29 is 14.6 Å². The standard InChI is InChI=1S/C15H23NO3/c1-4-13(17)11-7-5-6-8-12(11)16-9-14(18-2)15(10-16)19-3/h5-8,13-15,17H,4,9-10H2,1-3H3/t13-,14?,15?/m0/s1. The van der Waals surface area contributed by atoms with E-state index in [2.05, 4.69) is 11.0 Å². The molecule has 0 saturated carbocycles. The molecule has 4 heteroatoms. The zero-order chi connectivity index (χ0) is 13.8. The Balaban J connectivity index is 2.23. The van der Waals surface area contributed by atoms with Crippen molar-refractivity contribution in [2.24, 2.45) is 0 Å². The van der Waals surface area contributed by atoms with Gasteiger partial charge in [0.05, 0.1) is 6.10 Å². The number of nitrogens with zero attached hydrogens (tertiary/aromatic N) is 1. The number of para-hydroxylation sites is 1. The number of ether oxygens (including phenoxy) is 2. The Bertz CT molecular complexity index is 398. The zero-order valence-electron chi connectivity index (χ0n) is 11.9. The Hall–Kier alpha value is -1.10. The molecule has 0 spiro atoms. The van der Waals surface area contributed by atoms with Crippen molar-refractivity contribution >= 4 is 5.69 Å². The number of methoxy groups -OCH3 is 2. The highest BCUT2D eigenvalue weighted by Gasteiger charge is 2.34. The van der Waals surface area contributed by atoms with Crippen LogP contribution in [0.2, 0.25) is 0 Å². The lowest BCUT2D eigenvalue weighted by Gasteiger charge is -2.23. The quantitative estimate of drug-likeness (QED) is 0.884. The molecule has 4 nitrogen and oxygen atoms in total. The number of rotatable bonds is 5. The normalized spacial score (nSPS) is 24.7. The summed E-state index contributed by atoms with van der Waals surface area (Å²) < 4.78 is 10.9. The van der Waals surface area contributed by atoms with Crippen LogP contribution < -0.4 is 4.90 Å². The molecular formula is C15H23NO3. The molecule has 1 aliphatic rings. The number of aliphatic hydroxyl groups excluding tert-OH is 1. The molecule has 1 aromatic carbocycles. The van der Waals surface area contributed by atoms with Crippen LogP contribution in [0.3, 0.4) is 0 Å². The molecular weight excluding hydrogens is 242 g/mol. The van der Waals surface area contributed by atoms with Gasteiger partial charge in [-0.05, 0) is 12.5 Å². The van der Waals surface area contributed by atoms with E-state index in [0.717, 1.165) is 24.3 Å². The number of hydrogen-bond donors (Lipinski definition) is 1. The summed E-state index contributed by atoms with van der Waals surface area (Å²) in [4.78, 5) is 2.23. The van der Waals surface area contributed by atoms with Crippen molar-refractivity contribution in [2.75, 3.05) is 32.2 Å². The van der Waals surface area contributed by atoms with E-state index in [4.69, 9.17) is 9.47 Å². The van der Waals surface area contributed by atoms with Crippen LogP contribution in [-0.2, 0) is 9.47 Å². The third-order valence-corrected chi connectivity index (χ3v) is 3.84. The lowest BCUT2D eigenvalue weighted by Crippen LogP contribution is -2.27. The number of benzene rings is 1. The largest absolute Gasteiger partial charge is 0.388 e. The molecule has 1 aromatic rings.